The number of esters is 1. The largest absolute Gasteiger partial charge is 0.486 e. The second kappa shape index (κ2) is 8.41. The number of hydrogen-bond donors (Lipinski definition) is 1. The zero-order chi connectivity index (χ0) is 16.8. The van der Waals surface area contributed by atoms with E-state index in [4.69, 9.17) is 32.7 Å². The SMILES string of the molecule is COC(=O)c1cc(Cl)c2c(c1)CC(CNC(=O)CCCCCl)O2. The molecular formula is C16H19Cl2NO4. The van der Waals surface area contributed by atoms with E-state index in [1.165, 1.54) is 13.2 Å². The summed E-state index contributed by atoms with van der Waals surface area (Å²) < 4.78 is 10.5. The number of fused-ring (bicyclic) bond motifs is 1. The number of hydrogen-bond acceptors (Lipinski definition) is 4. The third-order valence-corrected chi connectivity index (χ3v) is 4.14. The number of ether oxygens (including phenoxy) is 2. The number of carbonyl (C=O) groups is 2. The molecule has 23 heavy (non-hydrogen) atoms. The van der Waals surface area contributed by atoms with Crippen LogP contribution in [0.3, 0.4) is 0 Å². The molecule has 1 N–H and O–H groups in total. The summed E-state index contributed by atoms with van der Waals surface area (Å²) in [5.41, 5.74) is 1.24. The van der Waals surface area contributed by atoms with Crippen molar-refractivity contribution in [3.63, 3.8) is 0 Å². The zero-order valence-electron chi connectivity index (χ0n) is 12.9. The van der Waals surface area contributed by atoms with Crippen molar-refractivity contribution in [3.05, 3.63) is 28.3 Å². The molecule has 0 bridgehead atoms. The molecule has 0 saturated carbocycles. The number of halogens is 2. The molecule has 0 aliphatic carbocycles. The summed E-state index contributed by atoms with van der Waals surface area (Å²) in [7, 11) is 1.32. The van der Waals surface area contributed by atoms with Gasteiger partial charge in [-0.2, -0.15) is 0 Å². The van der Waals surface area contributed by atoms with Gasteiger partial charge in [0.1, 0.15) is 11.9 Å². The van der Waals surface area contributed by atoms with Crippen LogP contribution in [-0.2, 0) is 16.0 Å². The third-order valence-electron chi connectivity index (χ3n) is 3.59. The summed E-state index contributed by atoms with van der Waals surface area (Å²) in [4.78, 5) is 23.3. The highest BCUT2D eigenvalue weighted by Gasteiger charge is 2.27. The predicted octanol–water partition coefficient (Wildman–Crippen LogP) is 2.96. The van der Waals surface area contributed by atoms with Crippen LogP contribution in [-0.4, -0.2) is 37.5 Å². The first kappa shape index (κ1) is 17.9. The molecule has 0 fully saturated rings. The average Bonchev–Trinajstić information content (AvgIpc) is 2.96. The number of alkyl halides is 1. The van der Waals surface area contributed by atoms with E-state index < -0.39 is 5.97 Å². The third kappa shape index (κ3) is 4.75. The Labute approximate surface area is 145 Å². The van der Waals surface area contributed by atoms with Crippen LogP contribution in [0.25, 0.3) is 0 Å². The van der Waals surface area contributed by atoms with Crippen LogP contribution in [0.2, 0.25) is 5.02 Å². The standard InChI is InChI=1S/C16H19Cl2NO4/c1-22-16(21)11-6-10-7-12(23-15(10)13(18)8-11)9-19-14(20)4-2-3-5-17/h6,8,12H,2-5,7,9H2,1H3,(H,19,20). The molecular weight excluding hydrogens is 341 g/mol. The Morgan fingerprint density at radius 2 is 2.17 bits per heavy atom. The van der Waals surface area contributed by atoms with Crippen molar-refractivity contribution < 1.29 is 19.1 Å². The highest BCUT2D eigenvalue weighted by atomic mass is 35.5. The lowest BCUT2D eigenvalue weighted by molar-refractivity contribution is -0.121. The summed E-state index contributed by atoms with van der Waals surface area (Å²) >= 11 is 11.7. The van der Waals surface area contributed by atoms with Gasteiger partial charge in [-0.05, 0) is 25.0 Å². The maximum absolute atomic E-state index is 11.7. The van der Waals surface area contributed by atoms with E-state index in [1.807, 2.05) is 0 Å². The molecule has 0 spiro atoms. The van der Waals surface area contributed by atoms with E-state index in [0.717, 1.165) is 18.4 Å². The average molecular weight is 360 g/mol. The fourth-order valence-electron chi connectivity index (χ4n) is 2.43. The van der Waals surface area contributed by atoms with Gasteiger partial charge in [0.15, 0.2) is 0 Å². The van der Waals surface area contributed by atoms with Crippen LogP contribution >= 0.6 is 23.2 Å². The Balaban J connectivity index is 1.90. The summed E-state index contributed by atoms with van der Waals surface area (Å²) in [5, 5.41) is 3.22. The minimum atomic E-state index is -0.439. The van der Waals surface area contributed by atoms with Gasteiger partial charge in [-0.1, -0.05) is 11.6 Å². The number of nitrogens with one attached hydrogen (secondary N) is 1. The smallest absolute Gasteiger partial charge is 0.337 e. The van der Waals surface area contributed by atoms with E-state index in [9.17, 15) is 9.59 Å². The van der Waals surface area contributed by atoms with Crippen LogP contribution < -0.4 is 10.1 Å². The quantitative estimate of drug-likeness (QED) is 0.461. The van der Waals surface area contributed by atoms with Crippen molar-refractivity contribution in [2.24, 2.45) is 0 Å². The molecule has 1 unspecified atom stereocenters. The van der Waals surface area contributed by atoms with Crippen LogP contribution in [0.15, 0.2) is 12.1 Å². The Morgan fingerprint density at radius 1 is 1.39 bits per heavy atom. The normalized spacial score (nSPS) is 15.7. The highest BCUT2D eigenvalue weighted by molar-refractivity contribution is 6.32. The molecule has 1 aliphatic heterocycles. The van der Waals surface area contributed by atoms with Crippen molar-refractivity contribution in [3.8, 4) is 5.75 Å². The fourth-order valence-corrected chi connectivity index (χ4v) is 2.91. The first-order valence-electron chi connectivity index (χ1n) is 7.45. The molecule has 2 rings (SSSR count). The molecule has 1 heterocycles. The van der Waals surface area contributed by atoms with Gasteiger partial charge in [-0.15, -0.1) is 11.6 Å². The predicted molar refractivity (Wildman–Crippen MR) is 88.5 cm³/mol. The van der Waals surface area contributed by atoms with Gasteiger partial charge < -0.3 is 14.8 Å². The first-order chi connectivity index (χ1) is 11.0. The van der Waals surface area contributed by atoms with Crippen LogP contribution in [0.5, 0.6) is 5.75 Å². The van der Waals surface area contributed by atoms with Crippen molar-refractivity contribution in [1.29, 1.82) is 0 Å². The van der Waals surface area contributed by atoms with E-state index >= 15 is 0 Å². The minimum absolute atomic E-state index is 0.0176. The minimum Gasteiger partial charge on any atom is -0.486 e. The van der Waals surface area contributed by atoms with Crippen LogP contribution in [0.4, 0.5) is 0 Å². The maximum atomic E-state index is 11.7. The molecule has 0 aromatic heterocycles. The topological polar surface area (TPSA) is 64.6 Å². The maximum Gasteiger partial charge on any atom is 0.337 e. The zero-order valence-corrected chi connectivity index (χ0v) is 14.4. The molecule has 7 heteroatoms. The number of rotatable bonds is 7. The van der Waals surface area contributed by atoms with Gasteiger partial charge in [0, 0.05) is 24.3 Å². The number of carbonyl (C=O) groups excluding carboxylic acids is 2. The molecule has 1 aromatic carbocycles. The van der Waals surface area contributed by atoms with Gasteiger partial charge in [0.05, 0.1) is 24.2 Å². The van der Waals surface area contributed by atoms with E-state index in [2.05, 4.69) is 5.32 Å². The van der Waals surface area contributed by atoms with Crippen molar-refractivity contribution in [2.45, 2.75) is 31.8 Å². The van der Waals surface area contributed by atoms with E-state index in [0.29, 0.717) is 41.6 Å². The molecule has 1 aliphatic rings. The lowest BCUT2D eigenvalue weighted by Crippen LogP contribution is -2.34. The second-order valence-corrected chi connectivity index (χ2v) is 6.12. The van der Waals surface area contributed by atoms with Gasteiger partial charge in [0.2, 0.25) is 5.91 Å². The molecule has 5 nitrogen and oxygen atoms in total. The lowest BCUT2D eigenvalue weighted by Gasteiger charge is -2.12. The molecule has 0 saturated heterocycles. The number of methoxy groups -OCH3 is 1. The van der Waals surface area contributed by atoms with E-state index in [-0.39, 0.29) is 12.0 Å². The molecule has 1 amide bonds. The fraction of sp³-hybridized carbons (Fsp3) is 0.500. The Hall–Kier alpha value is -1.46. The Kier molecular flexibility index (Phi) is 6.54. The molecule has 0 radical (unpaired) electrons. The number of amides is 1. The summed E-state index contributed by atoms with van der Waals surface area (Å²) in [6.45, 7) is 0.401. The highest BCUT2D eigenvalue weighted by Crippen LogP contribution is 2.37. The summed E-state index contributed by atoms with van der Waals surface area (Å²) in [6.07, 6.45) is 2.45. The lowest BCUT2D eigenvalue weighted by atomic mass is 10.1. The van der Waals surface area contributed by atoms with Crippen molar-refractivity contribution in [2.75, 3.05) is 19.5 Å². The number of benzene rings is 1. The van der Waals surface area contributed by atoms with Crippen LogP contribution in [0, 0.1) is 0 Å². The van der Waals surface area contributed by atoms with Gasteiger partial charge in [-0.25, -0.2) is 4.79 Å². The first-order valence-corrected chi connectivity index (χ1v) is 8.36. The van der Waals surface area contributed by atoms with Crippen LogP contribution in [0.1, 0.15) is 35.2 Å². The van der Waals surface area contributed by atoms with Gasteiger partial charge in [0.25, 0.3) is 0 Å². The molecule has 126 valence electrons. The number of unbranched alkanes of at least 4 members (excludes halogenated alkanes) is 1. The van der Waals surface area contributed by atoms with Gasteiger partial charge >= 0.3 is 5.97 Å². The molecule has 1 atom stereocenters. The Morgan fingerprint density at radius 3 is 2.87 bits per heavy atom. The van der Waals surface area contributed by atoms with E-state index in [1.54, 1.807) is 6.07 Å². The summed E-state index contributed by atoms with van der Waals surface area (Å²) in [6, 6.07) is 3.24. The Bertz CT molecular complexity index is 592. The molecule has 1 aromatic rings. The monoisotopic (exact) mass is 359 g/mol. The second-order valence-electron chi connectivity index (χ2n) is 5.33. The van der Waals surface area contributed by atoms with Crippen molar-refractivity contribution in [1.82, 2.24) is 5.32 Å². The van der Waals surface area contributed by atoms with Crippen molar-refractivity contribution >= 4 is 35.1 Å². The summed E-state index contributed by atoms with van der Waals surface area (Å²) in [5.74, 6) is 0.678. The van der Waals surface area contributed by atoms with Gasteiger partial charge in [-0.3, -0.25) is 4.79 Å².